The summed E-state index contributed by atoms with van der Waals surface area (Å²) in [5.41, 5.74) is 2.88. The molecule has 6 nitrogen and oxygen atoms in total. The molecule has 30 heavy (non-hydrogen) atoms. The van der Waals surface area contributed by atoms with Crippen LogP contribution in [0.3, 0.4) is 0 Å². The maximum Gasteiger partial charge on any atom is 0.260 e. The summed E-state index contributed by atoms with van der Waals surface area (Å²) in [6, 6.07) is 11.7. The number of para-hydroxylation sites is 1. The minimum atomic E-state index is 0. The van der Waals surface area contributed by atoms with Crippen LogP contribution in [-0.4, -0.2) is 63.3 Å². The first-order chi connectivity index (χ1) is 14.0. The zero-order chi connectivity index (χ0) is 20.8. The SMILES string of the molecule is COc1ccc(CCN(C)CCCN2COc3c(C)cccc3C2=O)cc1OC.Cl. The molecule has 0 bridgehead atoms. The third-order valence-electron chi connectivity index (χ3n) is 5.29. The van der Waals surface area contributed by atoms with Gasteiger partial charge in [-0.2, -0.15) is 0 Å². The van der Waals surface area contributed by atoms with Crippen LogP contribution in [-0.2, 0) is 6.42 Å². The number of likely N-dealkylation sites (N-methyl/N-ethyl adjacent to an activating group) is 1. The Balaban J connectivity index is 0.00000320. The predicted octanol–water partition coefficient (Wildman–Crippen LogP) is 3.79. The van der Waals surface area contributed by atoms with Gasteiger partial charge in [0.25, 0.3) is 5.91 Å². The number of carbonyl (C=O) groups is 1. The minimum Gasteiger partial charge on any atom is -0.493 e. The quantitative estimate of drug-likeness (QED) is 0.601. The van der Waals surface area contributed by atoms with Crippen molar-refractivity contribution in [3.8, 4) is 17.2 Å². The fourth-order valence-electron chi connectivity index (χ4n) is 3.55. The van der Waals surface area contributed by atoms with Gasteiger partial charge in [0, 0.05) is 13.1 Å². The van der Waals surface area contributed by atoms with Gasteiger partial charge in [-0.25, -0.2) is 0 Å². The summed E-state index contributed by atoms with van der Waals surface area (Å²) in [6.45, 7) is 4.83. The van der Waals surface area contributed by atoms with Gasteiger partial charge in [-0.3, -0.25) is 4.79 Å². The number of halogens is 1. The summed E-state index contributed by atoms with van der Waals surface area (Å²) in [6.07, 6.45) is 1.83. The first-order valence-electron chi connectivity index (χ1n) is 9.94. The number of hydrogen-bond acceptors (Lipinski definition) is 5. The van der Waals surface area contributed by atoms with Crippen LogP contribution >= 0.6 is 12.4 Å². The largest absolute Gasteiger partial charge is 0.493 e. The first kappa shape index (κ1) is 23.8. The van der Waals surface area contributed by atoms with Crippen molar-refractivity contribution in [1.82, 2.24) is 9.80 Å². The van der Waals surface area contributed by atoms with Gasteiger partial charge in [0.05, 0.1) is 19.8 Å². The van der Waals surface area contributed by atoms with Crippen LogP contribution in [0.25, 0.3) is 0 Å². The Morgan fingerprint density at radius 1 is 1.10 bits per heavy atom. The maximum atomic E-state index is 12.7. The number of benzene rings is 2. The van der Waals surface area contributed by atoms with Crippen molar-refractivity contribution in [3.05, 3.63) is 53.1 Å². The van der Waals surface area contributed by atoms with E-state index in [1.807, 2.05) is 37.3 Å². The maximum absolute atomic E-state index is 12.7. The third kappa shape index (κ3) is 5.58. The van der Waals surface area contributed by atoms with Crippen molar-refractivity contribution in [2.75, 3.05) is 47.6 Å². The molecule has 0 atom stereocenters. The van der Waals surface area contributed by atoms with Crippen LogP contribution in [0.2, 0.25) is 0 Å². The zero-order valence-electron chi connectivity index (χ0n) is 18.1. The second-order valence-corrected chi connectivity index (χ2v) is 7.39. The van der Waals surface area contributed by atoms with E-state index in [0.29, 0.717) is 18.8 Å². The highest BCUT2D eigenvalue weighted by atomic mass is 35.5. The predicted molar refractivity (Wildman–Crippen MR) is 120 cm³/mol. The molecule has 3 rings (SSSR count). The van der Waals surface area contributed by atoms with Crippen molar-refractivity contribution in [3.63, 3.8) is 0 Å². The van der Waals surface area contributed by atoms with Gasteiger partial charge >= 0.3 is 0 Å². The highest BCUT2D eigenvalue weighted by molar-refractivity contribution is 5.98. The molecule has 0 aromatic heterocycles. The third-order valence-corrected chi connectivity index (χ3v) is 5.29. The standard InChI is InChI=1S/C23H30N2O4.ClH/c1-17-7-5-8-19-22(17)29-16-25(23(19)26)13-6-12-24(2)14-11-18-9-10-20(27-3)21(15-18)28-4;/h5,7-10,15H,6,11-14,16H2,1-4H3;1H. The molecule has 0 N–H and O–H groups in total. The Morgan fingerprint density at radius 2 is 1.87 bits per heavy atom. The second kappa shape index (κ2) is 11.1. The molecule has 0 unspecified atom stereocenters. The van der Waals surface area contributed by atoms with E-state index in [1.165, 1.54) is 5.56 Å². The molecule has 0 spiro atoms. The van der Waals surface area contributed by atoms with Gasteiger partial charge in [0.1, 0.15) is 5.75 Å². The summed E-state index contributed by atoms with van der Waals surface area (Å²) >= 11 is 0. The molecule has 0 radical (unpaired) electrons. The number of amides is 1. The molecule has 0 saturated carbocycles. The second-order valence-electron chi connectivity index (χ2n) is 7.39. The van der Waals surface area contributed by atoms with Gasteiger partial charge in [-0.05, 0) is 62.7 Å². The lowest BCUT2D eigenvalue weighted by Crippen LogP contribution is -2.40. The van der Waals surface area contributed by atoms with Crippen LogP contribution in [0.4, 0.5) is 0 Å². The van der Waals surface area contributed by atoms with E-state index < -0.39 is 0 Å². The number of rotatable bonds is 9. The van der Waals surface area contributed by atoms with Gasteiger partial charge in [0.15, 0.2) is 18.2 Å². The molecule has 0 fully saturated rings. The minimum absolute atomic E-state index is 0. The van der Waals surface area contributed by atoms with Crippen LogP contribution in [0.15, 0.2) is 36.4 Å². The lowest BCUT2D eigenvalue weighted by Gasteiger charge is -2.30. The molecular formula is C23H31ClN2O4. The summed E-state index contributed by atoms with van der Waals surface area (Å²) in [4.78, 5) is 16.7. The molecule has 2 aromatic carbocycles. The fourth-order valence-corrected chi connectivity index (χ4v) is 3.55. The van der Waals surface area contributed by atoms with E-state index in [0.717, 1.165) is 48.7 Å². The molecule has 1 heterocycles. The summed E-state index contributed by atoms with van der Waals surface area (Å²) < 4.78 is 16.5. The average molecular weight is 435 g/mol. The average Bonchev–Trinajstić information content (AvgIpc) is 2.74. The number of fused-ring (bicyclic) bond motifs is 1. The van der Waals surface area contributed by atoms with Gasteiger partial charge < -0.3 is 24.0 Å². The molecule has 0 aliphatic carbocycles. The number of methoxy groups -OCH3 is 2. The van der Waals surface area contributed by atoms with E-state index in [-0.39, 0.29) is 18.3 Å². The van der Waals surface area contributed by atoms with Crippen molar-refractivity contribution >= 4 is 18.3 Å². The van der Waals surface area contributed by atoms with Crippen LogP contribution in [0, 0.1) is 6.92 Å². The summed E-state index contributed by atoms with van der Waals surface area (Å²) in [5, 5.41) is 0. The Kier molecular flexibility index (Phi) is 8.81. The van der Waals surface area contributed by atoms with Crippen molar-refractivity contribution in [2.24, 2.45) is 0 Å². The lowest BCUT2D eigenvalue weighted by molar-refractivity contribution is 0.0510. The molecule has 0 saturated heterocycles. The lowest BCUT2D eigenvalue weighted by atomic mass is 10.1. The summed E-state index contributed by atoms with van der Waals surface area (Å²) in [7, 11) is 5.40. The highest BCUT2D eigenvalue weighted by Gasteiger charge is 2.26. The van der Waals surface area contributed by atoms with Crippen LogP contribution < -0.4 is 14.2 Å². The zero-order valence-corrected chi connectivity index (χ0v) is 19.0. The Labute approximate surface area is 185 Å². The smallest absolute Gasteiger partial charge is 0.260 e. The molecule has 164 valence electrons. The van der Waals surface area contributed by atoms with E-state index in [4.69, 9.17) is 14.2 Å². The van der Waals surface area contributed by atoms with Crippen LogP contribution in [0.1, 0.15) is 27.9 Å². The van der Waals surface area contributed by atoms with Gasteiger partial charge in [-0.15, -0.1) is 12.4 Å². The monoisotopic (exact) mass is 434 g/mol. The summed E-state index contributed by atoms with van der Waals surface area (Å²) in [5.74, 6) is 2.28. The molecule has 1 aliphatic heterocycles. The molecule has 1 amide bonds. The van der Waals surface area contributed by atoms with E-state index in [1.54, 1.807) is 19.1 Å². The highest BCUT2D eigenvalue weighted by Crippen LogP contribution is 2.29. The molecular weight excluding hydrogens is 404 g/mol. The van der Waals surface area contributed by atoms with E-state index >= 15 is 0 Å². The van der Waals surface area contributed by atoms with Gasteiger partial charge in [-0.1, -0.05) is 18.2 Å². The van der Waals surface area contributed by atoms with Crippen molar-refractivity contribution in [2.45, 2.75) is 19.8 Å². The van der Waals surface area contributed by atoms with Gasteiger partial charge in [0.2, 0.25) is 0 Å². The number of nitrogens with zero attached hydrogens (tertiary/aromatic N) is 2. The van der Waals surface area contributed by atoms with Crippen molar-refractivity contribution in [1.29, 1.82) is 0 Å². The molecule has 7 heteroatoms. The first-order valence-corrected chi connectivity index (χ1v) is 9.94. The number of carbonyl (C=O) groups excluding carboxylic acids is 1. The molecule has 2 aromatic rings. The Hall–Kier alpha value is -2.44. The van der Waals surface area contributed by atoms with Crippen LogP contribution in [0.5, 0.6) is 17.2 Å². The fraction of sp³-hybridized carbons (Fsp3) is 0.435. The topological polar surface area (TPSA) is 51.2 Å². The number of hydrogen-bond donors (Lipinski definition) is 0. The number of aryl methyl sites for hydroxylation is 1. The molecule has 1 aliphatic rings. The van der Waals surface area contributed by atoms with Crippen molar-refractivity contribution < 1.29 is 19.0 Å². The van der Waals surface area contributed by atoms with E-state index in [9.17, 15) is 4.79 Å². The van der Waals surface area contributed by atoms with E-state index in [2.05, 4.69) is 18.0 Å². The number of ether oxygens (including phenoxy) is 3. The normalized spacial score (nSPS) is 12.8. The Morgan fingerprint density at radius 3 is 2.60 bits per heavy atom. The Bertz CT molecular complexity index is 859.